The molecule has 2 aromatic carbocycles. The van der Waals surface area contributed by atoms with E-state index in [9.17, 15) is 9.90 Å². The van der Waals surface area contributed by atoms with E-state index in [1.54, 1.807) is 24.3 Å². The predicted molar refractivity (Wildman–Crippen MR) is 127 cm³/mol. The number of benzene rings is 2. The zero-order chi connectivity index (χ0) is 21.6. The highest BCUT2D eigenvalue weighted by atomic mass is 16.3. The Morgan fingerprint density at radius 1 is 0.968 bits per heavy atom. The number of nitrogens with zero attached hydrogens (tertiary/aromatic N) is 1. The molecule has 2 unspecified atom stereocenters. The molecule has 1 aliphatic heterocycles. The molecule has 0 aromatic heterocycles. The zero-order valence-electron chi connectivity index (χ0n) is 18.9. The topological polar surface area (TPSA) is 40.5 Å². The highest BCUT2D eigenvalue weighted by Gasteiger charge is 2.27. The van der Waals surface area contributed by atoms with Crippen molar-refractivity contribution >= 4 is 5.78 Å². The number of carbonyl (C=O) groups excluding carboxylic acids is 1. The van der Waals surface area contributed by atoms with E-state index < -0.39 is 0 Å². The number of hydrogen-bond donors (Lipinski definition) is 1. The minimum atomic E-state index is 0.0159. The van der Waals surface area contributed by atoms with Gasteiger partial charge in [-0.25, -0.2) is 0 Å². The average molecular weight is 420 g/mol. The number of phenols is 1. The minimum absolute atomic E-state index is 0.0159. The van der Waals surface area contributed by atoms with Crippen LogP contribution in [0.1, 0.15) is 92.1 Å². The first kappa shape index (κ1) is 22.1. The van der Waals surface area contributed by atoms with Gasteiger partial charge in [-0.05, 0) is 73.5 Å². The van der Waals surface area contributed by atoms with Crippen LogP contribution in [0.5, 0.6) is 5.75 Å². The molecule has 3 heteroatoms. The van der Waals surface area contributed by atoms with E-state index in [4.69, 9.17) is 0 Å². The van der Waals surface area contributed by atoms with Gasteiger partial charge in [0.05, 0.1) is 0 Å². The molecule has 1 N–H and O–H groups in total. The Morgan fingerprint density at radius 2 is 1.71 bits per heavy atom. The van der Waals surface area contributed by atoms with Crippen molar-refractivity contribution in [1.82, 2.24) is 4.90 Å². The number of phenolic OH excluding ortho intramolecular Hbond substituents is 1. The molecule has 2 atom stereocenters. The van der Waals surface area contributed by atoms with E-state index in [0.29, 0.717) is 11.5 Å². The van der Waals surface area contributed by atoms with Gasteiger partial charge in [0.2, 0.25) is 0 Å². The van der Waals surface area contributed by atoms with E-state index in [1.165, 1.54) is 69.9 Å². The zero-order valence-corrected chi connectivity index (χ0v) is 18.9. The number of carbonyl (C=O) groups is 1. The number of rotatable bonds is 7. The summed E-state index contributed by atoms with van der Waals surface area (Å²) in [5.41, 5.74) is 2.59. The Bertz CT molecular complexity index is 854. The monoisotopic (exact) mass is 419 g/mol. The maximum absolute atomic E-state index is 12.9. The molecular formula is C28H37NO2. The van der Waals surface area contributed by atoms with Crippen molar-refractivity contribution in [2.45, 2.75) is 76.7 Å². The van der Waals surface area contributed by atoms with Crippen molar-refractivity contribution in [2.75, 3.05) is 13.1 Å². The number of likely N-dealkylation sites (tertiary alicyclic amines) is 1. The van der Waals surface area contributed by atoms with Gasteiger partial charge >= 0.3 is 0 Å². The maximum Gasteiger partial charge on any atom is 0.193 e. The second kappa shape index (κ2) is 10.5. The quantitative estimate of drug-likeness (QED) is 0.517. The van der Waals surface area contributed by atoms with Gasteiger partial charge in [0, 0.05) is 23.7 Å². The van der Waals surface area contributed by atoms with Crippen LogP contribution >= 0.6 is 0 Å². The van der Waals surface area contributed by atoms with E-state index in [0.717, 1.165) is 24.1 Å². The molecule has 0 radical (unpaired) electrons. The molecule has 0 bridgehead atoms. The lowest BCUT2D eigenvalue weighted by molar-refractivity contribution is 0.103. The summed E-state index contributed by atoms with van der Waals surface area (Å²) in [5, 5.41) is 9.49. The molecule has 0 spiro atoms. The molecule has 166 valence electrons. The van der Waals surface area contributed by atoms with Crippen LogP contribution in [0, 0.1) is 5.92 Å². The smallest absolute Gasteiger partial charge is 0.193 e. The molecule has 2 aromatic rings. The third-order valence-corrected chi connectivity index (χ3v) is 7.43. The summed E-state index contributed by atoms with van der Waals surface area (Å²) in [6.45, 7) is 4.60. The van der Waals surface area contributed by atoms with Crippen LogP contribution < -0.4 is 0 Å². The molecule has 1 heterocycles. The van der Waals surface area contributed by atoms with Gasteiger partial charge < -0.3 is 5.11 Å². The number of ketones is 1. The van der Waals surface area contributed by atoms with Gasteiger partial charge in [-0.1, -0.05) is 63.6 Å². The Kier molecular flexibility index (Phi) is 7.45. The van der Waals surface area contributed by atoms with E-state index in [2.05, 4.69) is 24.0 Å². The number of aromatic hydroxyl groups is 1. The molecule has 1 saturated heterocycles. The van der Waals surface area contributed by atoms with Crippen LogP contribution in [0.4, 0.5) is 0 Å². The molecule has 2 aliphatic rings. The average Bonchev–Trinajstić information content (AvgIpc) is 2.81. The van der Waals surface area contributed by atoms with E-state index >= 15 is 0 Å². The highest BCUT2D eigenvalue weighted by Crippen LogP contribution is 2.33. The van der Waals surface area contributed by atoms with Crippen molar-refractivity contribution in [3.63, 3.8) is 0 Å². The Labute approximate surface area is 187 Å². The summed E-state index contributed by atoms with van der Waals surface area (Å²) in [6.07, 6.45) is 12.6. The first-order valence-electron chi connectivity index (χ1n) is 12.3. The number of hydrogen-bond acceptors (Lipinski definition) is 3. The Balaban J connectivity index is 1.42. The molecule has 2 fully saturated rings. The van der Waals surface area contributed by atoms with Crippen molar-refractivity contribution < 1.29 is 9.90 Å². The lowest BCUT2D eigenvalue weighted by atomic mass is 9.82. The summed E-state index contributed by atoms with van der Waals surface area (Å²) in [5.74, 6) is 1.53. The summed E-state index contributed by atoms with van der Waals surface area (Å²) in [4.78, 5) is 15.7. The summed E-state index contributed by atoms with van der Waals surface area (Å²) in [6, 6.07) is 15.4. The van der Waals surface area contributed by atoms with Crippen molar-refractivity contribution in [1.29, 1.82) is 0 Å². The first-order valence-corrected chi connectivity index (χ1v) is 12.3. The second-order valence-electron chi connectivity index (χ2n) is 9.79. The molecular weight excluding hydrogens is 382 g/mol. The van der Waals surface area contributed by atoms with E-state index in [-0.39, 0.29) is 11.5 Å². The predicted octanol–water partition coefficient (Wildman–Crippen LogP) is 6.55. The van der Waals surface area contributed by atoms with Crippen LogP contribution in [-0.2, 0) is 0 Å². The van der Waals surface area contributed by atoms with Crippen LogP contribution in [0.3, 0.4) is 0 Å². The Hall–Kier alpha value is -2.13. The standard InChI is InChI=1S/C28H37NO2/c1-21(20-29-17-6-5-12-26(29)18-22-8-3-2-4-9-22)24-10-7-11-25(19-24)28(31)23-13-15-27(30)16-14-23/h7,10-11,13-16,19,21-22,26,30H,2-6,8-9,12,17-18,20H2,1H3. The second-order valence-corrected chi connectivity index (χ2v) is 9.79. The number of piperidine rings is 1. The largest absolute Gasteiger partial charge is 0.508 e. The molecule has 1 saturated carbocycles. The summed E-state index contributed by atoms with van der Waals surface area (Å²) in [7, 11) is 0. The third kappa shape index (κ3) is 5.77. The van der Waals surface area contributed by atoms with Gasteiger partial charge in [-0.3, -0.25) is 9.69 Å². The van der Waals surface area contributed by atoms with Crippen LogP contribution in [0.25, 0.3) is 0 Å². The SMILES string of the molecule is CC(CN1CCCCC1CC1CCCCC1)c1cccc(C(=O)c2ccc(O)cc2)c1. The molecule has 4 rings (SSSR count). The van der Waals surface area contributed by atoms with Crippen LogP contribution in [0.2, 0.25) is 0 Å². The van der Waals surface area contributed by atoms with Crippen LogP contribution in [0.15, 0.2) is 48.5 Å². The lowest BCUT2D eigenvalue weighted by Gasteiger charge is -2.39. The molecule has 3 nitrogen and oxygen atoms in total. The molecule has 1 aliphatic carbocycles. The van der Waals surface area contributed by atoms with Gasteiger partial charge in [0.25, 0.3) is 0 Å². The van der Waals surface area contributed by atoms with Gasteiger partial charge in [-0.2, -0.15) is 0 Å². The normalized spacial score (nSPS) is 21.6. The summed E-state index contributed by atoms with van der Waals surface area (Å²) < 4.78 is 0. The van der Waals surface area contributed by atoms with Crippen molar-refractivity contribution in [3.8, 4) is 5.75 Å². The van der Waals surface area contributed by atoms with E-state index in [1.807, 2.05) is 12.1 Å². The van der Waals surface area contributed by atoms with Gasteiger partial charge in [0.1, 0.15) is 5.75 Å². The van der Waals surface area contributed by atoms with Crippen molar-refractivity contribution in [3.05, 3.63) is 65.2 Å². The third-order valence-electron chi connectivity index (χ3n) is 7.43. The fourth-order valence-corrected chi connectivity index (χ4v) is 5.60. The fourth-order valence-electron chi connectivity index (χ4n) is 5.60. The molecule has 31 heavy (non-hydrogen) atoms. The maximum atomic E-state index is 12.9. The van der Waals surface area contributed by atoms with Gasteiger partial charge in [0.15, 0.2) is 5.78 Å². The fraction of sp³-hybridized carbons (Fsp3) is 0.536. The first-order chi connectivity index (χ1) is 15.1. The van der Waals surface area contributed by atoms with Gasteiger partial charge in [-0.15, -0.1) is 0 Å². The highest BCUT2D eigenvalue weighted by molar-refractivity contribution is 6.09. The lowest BCUT2D eigenvalue weighted by Crippen LogP contribution is -2.42. The minimum Gasteiger partial charge on any atom is -0.508 e. The van der Waals surface area contributed by atoms with Crippen LogP contribution in [-0.4, -0.2) is 34.9 Å². The Morgan fingerprint density at radius 3 is 2.48 bits per heavy atom. The van der Waals surface area contributed by atoms with Crippen molar-refractivity contribution in [2.24, 2.45) is 5.92 Å². The molecule has 0 amide bonds. The summed E-state index contributed by atoms with van der Waals surface area (Å²) >= 11 is 0.